The third-order valence-electron chi connectivity index (χ3n) is 1.55. The minimum atomic E-state index is 0.0675. The lowest BCUT2D eigenvalue weighted by atomic mass is 10.3. The molecule has 0 spiro atoms. The molecule has 0 radical (unpaired) electrons. The first-order chi connectivity index (χ1) is 6.31. The zero-order chi connectivity index (χ0) is 9.94. The molecule has 0 atom stereocenters. The van der Waals surface area contributed by atoms with E-state index in [4.69, 9.17) is 4.74 Å². The van der Waals surface area contributed by atoms with Gasteiger partial charge in [-0.05, 0) is 20.3 Å². The van der Waals surface area contributed by atoms with Crippen LogP contribution in [0.5, 0.6) is 0 Å². The van der Waals surface area contributed by atoms with Gasteiger partial charge in [-0.1, -0.05) is 12.2 Å². The van der Waals surface area contributed by atoms with Gasteiger partial charge in [-0.2, -0.15) is 0 Å². The summed E-state index contributed by atoms with van der Waals surface area (Å²) in [6.45, 7) is 5.80. The second-order valence-corrected chi connectivity index (χ2v) is 2.65. The Morgan fingerprint density at radius 2 is 2.31 bits per heavy atom. The Hall–Kier alpha value is -0.830. The summed E-state index contributed by atoms with van der Waals surface area (Å²) < 4.78 is 5.06. The van der Waals surface area contributed by atoms with E-state index in [-0.39, 0.29) is 5.91 Å². The van der Waals surface area contributed by atoms with E-state index < -0.39 is 0 Å². The summed E-state index contributed by atoms with van der Waals surface area (Å²) in [6.07, 6.45) is 5.37. The molecule has 13 heavy (non-hydrogen) atoms. The van der Waals surface area contributed by atoms with Crippen molar-refractivity contribution in [3.8, 4) is 0 Å². The monoisotopic (exact) mass is 185 g/mol. The summed E-state index contributed by atoms with van der Waals surface area (Å²) in [5.74, 6) is 0.0675. The molecular weight excluding hydrogens is 166 g/mol. The van der Waals surface area contributed by atoms with Crippen molar-refractivity contribution in [2.24, 2.45) is 0 Å². The van der Waals surface area contributed by atoms with Gasteiger partial charge in [0.05, 0.1) is 6.61 Å². The first-order valence-corrected chi connectivity index (χ1v) is 4.76. The molecule has 0 aliphatic heterocycles. The fraction of sp³-hybridized carbons (Fsp3) is 0.700. The molecule has 0 aromatic carbocycles. The first kappa shape index (κ1) is 12.2. The van der Waals surface area contributed by atoms with Crippen molar-refractivity contribution in [2.45, 2.75) is 26.7 Å². The molecule has 0 aromatic heterocycles. The van der Waals surface area contributed by atoms with E-state index in [1.54, 1.807) is 0 Å². The quantitative estimate of drug-likeness (QED) is 0.482. The second-order valence-electron chi connectivity index (χ2n) is 2.65. The number of ether oxygens (including phenoxy) is 1. The average Bonchev–Trinajstić information content (AvgIpc) is 2.13. The predicted molar refractivity (Wildman–Crippen MR) is 53.6 cm³/mol. The Morgan fingerprint density at radius 3 is 2.92 bits per heavy atom. The number of hydrogen-bond donors (Lipinski definition) is 1. The molecule has 0 saturated carbocycles. The van der Waals surface area contributed by atoms with Gasteiger partial charge in [-0.25, -0.2) is 0 Å². The van der Waals surface area contributed by atoms with Gasteiger partial charge >= 0.3 is 0 Å². The maximum Gasteiger partial charge on any atom is 0.222 e. The average molecular weight is 185 g/mol. The van der Waals surface area contributed by atoms with Crippen LogP contribution in [0.25, 0.3) is 0 Å². The van der Waals surface area contributed by atoms with Crippen LogP contribution < -0.4 is 5.32 Å². The van der Waals surface area contributed by atoms with Crippen LogP contribution in [0, 0.1) is 0 Å². The highest BCUT2D eigenvalue weighted by atomic mass is 16.5. The Kier molecular flexibility index (Phi) is 8.67. The zero-order valence-corrected chi connectivity index (χ0v) is 8.51. The minimum absolute atomic E-state index is 0.0675. The summed E-state index contributed by atoms with van der Waals surface area (Å²) in [5, 5.41) is 2.81. The molecule has 0 saturated heterocycles. The Bertz CT molecular complexity index is 155. The van der Waals surface area contributed by atoms with Gasteiger partial charge in [-0.3, -0.25) is 4.79 Å². The molecule has 3 heteroatoms. The largest absolute Gasteiger partial charge is 0.381 e. The third-order valence-corrected chi connectivity index (χ3v) is 1.55. The molecule has 0 bridgehead atoms. The van der Waals surface area contributed by atoms with Crippen molar-refractivity contribution < 1.29 is 9.53 Å². The van der Waals surface area contributed by atoms with Crippen LogP contribution in [0.3, 0.4) is 0 Å². The number of allylic oxidation sites excluding steroid dienone is 1. The van der Waals surface area contributed by atoms with E-state index in [0.717, 1.165) is 13.0 Å². The summed E-state index contributed by atoms with van der Waals surface area (Å²) >= 11 is 0. The van der Waals surface area contributed by atoms with Crippen LogP contribution in [0.15, 0.2) is 12.2 Å². The number of hydrogen-bond acceptors (Lipinski definition) is 2. The number of carbonyl (C=O) groups is 1. The lowest BCUT2D eigenvalue weighted by Crippen LogP contribution is -2.25. The number of nitrogens with one attached hydrogen (secondary N) is 1. The van der Waals surface area contributed by atoms with E-state index in [1.807, 2.05) is 26.0 Å². The van der Waals surface area contributed by atoms with Crippen molar-refractivity contribution >= 4 is 5.91 Å². The van der Waals surface area contributed by atoms with Crippen LogP contribution in [-0.2, 0) is 9.53 Å². The summed E-state index contributed by atoms with van der Waals surface area (Å²) in [4.78, 5) is 11.1. The number of amides is 1. The van der Waals surface area contributed by atoms with Crippen LogP contribution in [0.2, 0.25) is 0 Å². The molecule has 0 aliphatic rings. The zero-order valence-electron chi connectivity index (χ0n) is 8.51. The van der Waals surface area contributed by atoms with Gasteiger partial charge in [0, 0.05) is 19.6 Å². The van der Waals surface area contributed by atoms with Crippen molar-refractivity contribution in [3.63, 3.8) is 0 Å². The molecule has 0 rings (SSSR count). The Morgan fingerprint density at radius 1 is 1.54 bits per heavy atom. The van der Waals surface area contributed by atoms with Crippen molar-refractivity contribution in [1.82, 2.24) is 5.32 Å². The van der Waals surface area contributed by atoms with Crippen LogP contribution in [0.4, 0.5) is 0 Å². The highest BCUT2D eigenvalue weighted by molar-refractivity contribution is 5.75. The standard InChI is InChI=1S/C10H19NO2/c1-3-5-6-8-11-10(12)7-9-13-4-2/h3,5H,4,6-9H2,1-2H3,(H,11,12)/b5-3+. The summed E-state index contributed by atoms with van der Waals surface area (Å²) in [7, 11) is 0. The Labute approximate surface area is 80.2 Å². The van der Waals surface area contributed by atoms with Crippen molar-refractivity contribution in [1.29, 1.82) is 0 Å². The van der Waals surface area contributed by atoms with Gasteiger partial charge in [0.2, 0.25) is 5.91 Å². The minimum Gasteiger partial charge on any atom is -0.381 e. The number of carbonyl (C=O) groups excluding carboxylic acids is 1. The lowest BCUT2D eigenvalue weighted by Gasteiger charge is -2.02. The SMILES string of the molecule is C/C=C/CCNC(=O)CCOCC. The van der Waals surface area contributed by atoms with E-state index >= 15 is 0 Å². The smallest absolute Gasteiger partial charge is 0.222 e. The molecular formula is C10H19NO2. The molecule has 1 amide bonds. The maximum atomic E-state index is 11.1. The second kappa shape index (κ2) is 9.26. The topological polar surface area (TPSA) is 38.3 Å². The molecule has 0 aliphatic carbocycles. The van der Waals surface area contributed by atoms with E-state index in [0.29, 0.717) is 19.6 Å². The number of rotatable bonds is 7. The molecule has 0 heterocycles. The summed E-state index contributed by atoms with van der Waals surface area (Å²) in [5.41, 5.74) is 0. The molecule has 0 unspecified atom stereocenters. The van der Waals surface area contributed by atoms with Gasteiger partial charge in [-0.15, -0.1) is 0 Å². The van der Waals surface area contributed by atoms with Crippen LogP contribution >= 0.6 is 0 Å². The summed E-state index contributed by atoms with van der Waals surface area (Å²) in [6, 6.07) is 0. The van der Waals surface area contributed by atoms with Crippen molar-refractivity contribution in [3.05, 3.63) is 12.2 Å². The normalized spacial score (nSPS) is 10.6. The molecule has 0 fully saturated rings. The van der Waals surface area contributed by atoms with E-state index in [2.05, 4.69) is 5.32 Å². The fourth-order valence-electron chi connectivity index (χ4n) is 0.859. The van der Waals surface area contributed by atoms with Gasteiger partial charge in [0.25, 0.3) is 0 Å². The third kappa shape index (κ3) is 9.08. The molecule has 1 N–H and O–H groups in total. The van der Waals surface area contributed by atoms with Crippen molar-refractivity contribution in [2.75, 3.05) is 19.8 Å². The van der Waals surface area contributed by atoms with Crippen LogP contribution in [0.1, 0.15) is 26.7 Å². The molecule has 76 valence electrons. The lowest BCUT2D eigenvalue weighted by molar-refractivity contribution is -0.122. The Balaban J connectivity index is 3.20. The van der Waals surface area contributed by atoms with E-state index in [1.165, 1.54) is 0 Å². The van der Waals surface area contributed by atoms with Crippen LogP contribution in [-0.4, -0.2) is 25.7 Å². The molecule has 0 aromatic rings. The molecule has 3 nitrogen and oxygen atoms in total. The van der Waals surface area contributed by atoms with E-state index in [9.17, 15) is 4.79 Å². The van der Waals surface area contributed by atoms with Gasteiger partial charge in [0.1, 0.15) is 0 Å². The highest BCUT2D eigenvalue weighted by Gasteiger charge is 1.98. The van der Waals surface area contributed by atoms with Gasteiger partial charge in [0.15, 0.2) is 0 Å². The highest BCUT2D eigenvalue weighted by Crippen LogP contribution is 1.84. The maximum absolute atomic E-state index is 11.1. The fourth-order valence-corrected chi connectivity index (χ4v) is 0.859. The first-order valence-electron chi connectivity index (χ1n) is 4.76. The van der Waals surface area contributed by atoms with Gasteiger partial charge < -0.3 is 10.1 Å². The predicted octanol–water partition coefficient (Wildman–Crippen LogP) is 1.50.